The average molecular weight is 209 g/mol. The highest BCUT2D eigenvalue weighted by molar-refractivity contribution is 5.38. The number of anilines is 2. The first kappa shape index (κ1) is 9.82. The molecule has 2 heterocycles. The summed E-state index contributed by atoms with van der Waals surface area (Å²) in [5.74, 6) is 0.644. The first-order valence-corrected chi connectivity index (χ1v) is 5.07. The molecular formula is C9H15N5O. The first-order valence-electron chi connectivity index (χ1n) is 5.07. The number of nitrogens with one attached hydrogen (secondary N) is 1. The lowest BCUT2D eigenvalue weighted by atomic mass is 10.1. The smallest absolute Gasteiger partial charge is 0.243 e. The van der Waals surface area contributed by atoms with Gasteiger partial charge in [0.05, 0.1) is 0 Å². The average Bonchev–Trinajstić information content (AvgIpc) is 2.24. The lowest BCUT2D eigenvalue weighted by molar-refractivity contribution is 0.169. The van der Waals surface area contributed by atoms with Crippen molar-refractivity contribution in [3.05, 3.63) is 11.6 Å². The molecule has 1 aliphatic rings. The van der Waals surface area contributed by atoms with Crippen LogP contribution in [0.4, 0.5) is 11.8 Å². The maximum Gasteiger partial charge on any atom is 0.243 e. The Morgan fingerprint density at radius 3 is 2.67 bits per heavy atom. The Kier molecular flexibility index (Phi) is 2.49. The zero-order valence-corrected chi connectivity index (χ0v) is 8.48. The van der Waals surface area contributed by atoms with E-state index in [-0.39, 0.29) is 11.3 Å². The molecule has 0 saturated carbocycles. The van der Waals surface area contributed by atoms with Gasteiger partial charge in [-0.05, 0) is 19.3 Å². The molecule has 0 amide bonds. The van der Waals surface area contributed by atoms with Gasteiger partial charge in [-0.2, -0.15) is 4.98 Å². The molecule has 82 valence electrons. The van der Waals surface area contributed by atoms with Crippen molar-refractivity contribution in [1.29, 1.82) is 5.41 Å². The minimum atomic E-state index is -0.0388. The summed E-state index contributed by atoms with van der Waals surface area (Å²) in [6.07, 6.45) is 3.38. The molecule has 1 aromatic rings. The molecule has 0 bridgehead atoms. The van der Waals surface area contributed by atoms with Gasteiger partial charge in [0.2, 0.25) is 5.95 Å². The van der Waals surface area contributed by atoms with Gasteiger partial charge in [0.1, 0.15) is 5.82 Å². The predicted octanol–water partition coefficient (Wildman–Crippen LogP) is 0.172. The molecule has 0 unspecified atom stereocenters. The predicted molar refractivity (Wildman–Crippen MR) is 55.7 cm³/mol. The molecule has 0 spiro atoms. The zero-order valence-electron chi connectivity index (χ0n) is 8.48. The molecule has 6 nitrogen and oxygen atoms in total. The van der Waals surface area contributed by atoms with E-state index in [0.717, 1.165) is 30.7 Å². The summed E-state index contributed by atoms with van der Waals surface area (Å²) in [6, 6.07) is 1.33. The van der Waals surface area contributed by atoms with E-state index in [0.29, 0.717) is 5.95 Å². The Balaban J connectivity index is 2.37. The Morgan fingerprint density at radius 1 is 1.33 bits per heavy atom. The summed E-state index contributed by atoms with van der Waals surface area (Å²) in [7, 11) is 0. The molecule has 0 aromatic carbocycles. The lowest BCUT2D eigenvalue weighted by Crippen LogP contribution is -2.36. The van der Waals surface area contributed by atoms with Crippen LogP contribution in [0.3, 0.4) is 0 Å². The van der Waals surface area contributed by atoms with Crippen molar-refractivity contribution in [2.24, 2.45) is 0 Å². The van der Waals surface area contributed by atoms with Gasteiger partial charge in [0, 0.05) is 19.2 Å². The molecule has 1 fully saturated rings. The first-order chi connectivity index (χ1) is 7.18. The van der Waals surface area contributed by atoms with E-state index in [1.807, 2.05) is 4.90 Å². The number of hydrogen-bond acceptors (Lipinski definition) is 5. The van der Waals surface area contributed by atoms with Crippen LogP contribution in [0.5, 0.6) is 0 Å². The Hall–Kier alpha value is -1.72. The van der Waals surface area contributed by atoms with Crippen molar-refractivity contribution < 1.29 is 5.21 Å². The third-order valence-corrected chi connectivity index (χ3v) is 2.57. The molecule has 6 heteroatoms. The van der Waals surface area contributed by atoms with Crippen LogP contribution >= 0.6 is 0 Å². The number of piperidine rings is 1. The number of nitrogen functional groups attached to an aromatic ring is 1. The summed E-state index contributed by atoms with van der Waals surface area (Å²) in [4.78, 5) is 6.01. The third kappa shape index (κ3) is 1.88. The SMILES string of the molecule is N=c1cc(N)nc(N2CCCCC2)n1O. The van der Waals surface area contributed by atoms with E-state index in [4.69, 9.17) is 11.1 Å². The van der Waals surface area contributed by atoms with Gasteiger partial charge in [0.25, 0.3) is 0 Å². The van der Waals surface area contributed by atoms with Crippen LogP contribution < -0.4 is 16.1 Å². The van der Waals surface area contributed by atoms with E-state index in [9.17, 15) is 5.21 Å². The second-order valence-electron chi connectivity index (χ2n) is 3.73. The van der Waals surface area contributed by atoms with Gasteiger partial charge in [-0.1, -0.05) is 0 Å². The zero-order chi connectivity index (χ0) is 10.8. The number of nitrogens with zero attached hydrogens (tertiary/aromatic N) is 3. The number of rotatable bonds is 1. The second-order valence-corrected chi connectivity index (χ2v) is 3.73. The van der Waals surface area contributed by atoms with Crippen LogP contribution in [-0.2, 0) is 0 Å². The van der Waals surface area contributed by atoms with Crippen molar-refractivity contribution in [2.45, 2.75) is 19.3 Å². The Labute approximate surface area is 87.4 Å². The van der Waals surface area contributed by atoms with Gasteiger partial charge in [-0.15, -0.1) is 4.73 Å². The summed E-state index contributed by atoms with van der Waals surface area (Å²) in [5.41, 5.74) is 5.51. The van der Waals surface area contributed by atoms with Gasteiger partial charge in [-0.3, -0.25) is 5.41 Å². The van der Waals surface area contributed by atoms with Crippen LogP contribution in [0.25, 0.3) is 0 Å². The van der Waals surface area contributed by atoms with Crippen molar-refractivity contribution in [3.63, 3.8) is 0 Å². The Bertz CT molecular complexity index is 407. The van der Waals surface area contributed by atoms with Crippen LogP contribution in [-0.4, -0.2) is 28.0 Å². The van der Waals surface area contributed by atoms with E-state index in [1.165, 1.54) is 12.5 Å². The topological polar surface area (TPSA) is 91.2 Å². The third-order valence-electron chi connectivity index (χ3n) is 2.57. The van der Waals surface area contributed by atoms with Gasteiger partial charge in [0.15, 0.2) is 5.49 Å². The van der Waals surface area contributed by atoms with E-state index in [2.05, 4.69) is 4.98 Å². The summed E-state index contributed by atoms with van der Waals surface area (Å²) >= 11 is 0. The summed E-state index contributed by atoms with van der Waals surface area (Å²) in [5, 5.41) is 17.1. The quantitative estimate of drug-likeness (QED) is 0.575. The maximum atomic E-state index is 9.64. The lowest BCUT2D eigenvalue weighted by Gasteiger charge is -2.28. The minimum absolute atomic E-state index is 0.0388. The Morgan fingerprint density at radius 2 is 2.00 bits per heavy atom. The van der Waals surface area contributed by atoms with Crippen LogP contribution in [0.15, 0.2) is 6.07 Å². The minimum Gasteiger partial charge on any atom is -0.423 e. The van der Waals surface area contributed by atoms with Crippen molar-refractivity contribution in [1.82, 2.24) is 9.71 Å². The number of nitrogens with two attached hydrogens (primary N) is 1. The molecular weight excluding hydrogens is 194 g/mol. The standard InChI is InChI=1S/C9H15N5O/c10-7-6-8(11)14(15)9(12-7)13-4-2-1-3-5-13/h6,11,15H,1-5,10H2. The highest BCUT2D eigenvalue weighted by Crippen LogP contribution is 2.16. The normalized spacial score (nSPS) is 16.7. The fraction of sp³-hybridized carbons (Fsp3) is 0.556. The molecule has 15 heavy (non-hydrogen) atoms. The molecule has 1 aliphatic heterocycles. The van der Waals surface area contributed by atoms with Crippen molar-refractivity contribution >= 4 is 11.8 Å². The summed E-state index contributed by atoms with van der Waals surface area (Å²) in [6.45, 7) is 1.72. The molecule has 0 aliphatic carbocycles. The van der Waals surface area contributed by atoms with Crippen LogP contribution in [0.2, 0.25) is 0 Å². The fourth-order valence-corrected chi connectivity index (χ4v) is 1.80. The number of aromatic nitrogens is 2. The largest absolute Gasteiger partial charge is 0.423 e. The van der Waals surface area contributed by atoms with E-state index in [1.54, 1.807) is 0 Å². The molecule has 0 radical (unpaired) electrons. The van der Waals surface area contributed by atoms with E-state index >= 15 is 0 Å². The monoisotopic (exact) mass is 209 g/mol. The van der Waals surface area contributed by atoms with Crippen molar-refractivity contribution in [2.75, 3.05) is 23.7 Å². The molecule has 2 rings (SSSR count). The maximum absolute atomic E-state index is 9.64. The molecule has 4 N–H and O–H groups in total. The van der Waals surface area contributed by atoms with Gasteiger partial charge < -0.3 is 15.8 Å². The van der Waals surface area contributed by atoms with E-state index < -0.39 is 0 Å². The molecule has 1 aromatic heterocycles. The summed E-state index contributed by atoms with van der Waals surface area (Å²) < 4.78 is 0.779. The van der Waals surface area contributed by atoms with Crippen molar-refractivity contribution in [3.8, 4) is 0 Å². The number of hydrogen-bond donors (Lipinski definition) is 3. The molecule has 0 atom stereocenters. The van der Waals surface area contributed by atoms with Gasteiger partial charge >= 0.3 is 0 Å². The van der Waals surface area contributed by atoms with Gasteiger partial charge in [-0.25, -0.2) is 0 Å². The van der Waals surface area contributed by atoms with Crippen LogP contribution in [0.1, 0.15) is 19.3 Å². The highest BCUT2D eigenvalue weighted by Gasteiger charge is 2.16. The highest BCUT2D eigenvalue weighted by atomic mass is 16.5. The fourth-order valence-electron chi connectivity index (χ4n) is 1.80. The molecule has 1 saturated heterocycles. The van der Waals surface area contributed by atoms with Crippen LogP contribution in [0, 0.1) is 5.41 Å². The second kappa shape index (κ2) is 3.80.